The van der Waals surface area contributed by atoms with Crippen LogP contribution in [-0.4, -0.2) is 36.7 Å². The Balaban J connectivity index is 2.13. The molecule has 1 aromatic rings. The Morgan fingerprint density at radius 1 is 1.41 bits per heavy atom. The lowest BCUT2D eigenvalue weighted by Gasteiger charge is -2.40. The van der Waals surface area contributed by atoms with Crippen LogP contribution >= 0.6 is 0 Å². The van der Waals surface area contributed by atoms with Gasteiger partial charge in [-0.25, -0.2) is 9.18 Å². The normalized spacial score (nSPS) is 22.3. The van der Waals surface area contributed by atoms with Crippen molar-refractivity contribution in [2.75, 3.05) is 19.8 Å². The van der Waals surface area contributed by atoms with Crippen LogP contribution in [0.15, 0.2) is 24.3 Å². The van der Waals surface area contributed by atoms with Crippen molar-refractivity contribution in [1.82, 2.24) is 10.2 Å². The zero-order valence-corrected chi connectivity index (χ0v) is 13.3. The van der Waals surface area contributed by atoms with Gasteiger partial charge in [0, 0.05) is 6.54 Å². The maximum atomic E-state index is 13.1. The van der Waals surface area contributed by atoms with Crippen molar-refractivity contribution in [2.24, 2.45) is 0 Å². The van der Waals surface area contributed by atoms with Gasteiger partial charge in [-0.15, -0.1) is 0 Å². The van der Waals surface area contributed by atoms with E-state index < -0.39 is 0 Å². The summed E-state index contributed by atoms with van der Waals surface area (Å²) >= 11 is 0. The summed E-state index contributed by atoms with van der Waals surface area (Å²) in [5.41, 5.74) is 0.827. The van der Waals surface area contributed by atoms with Crippen LogP contribution in [0, 0.1) is 5.82 Å². The van der Waals surface area contributed by atoms with Crippen LogP contribution in [0.25, 0.3) is 0 Å². The second-order valence-electron chi connectivity index (χ2n) is 5.73. The molecule has 22 heavy (non-hydrogen) atoms. The highest BCUT2D eigenvalue weighted by molar-refractivity contribution is 5.75. The van der Waals surface area contributed by atoms with E-state index >= 15 is 0 Å². The van der Waals surface area contributed by atoms with Crippen LogP contribution < -0.4 is 5.31 Å². The summed E-state index contributed by atoms with van der Waals surface area (Å²) in [4.78, 5) is 14.4. The van der Waals surface area contributed by atoms with Gasteiger partial charge < -0.3 is 14.9 Å². The van der Waals surface area contributed by atoms with Gasteiger partial charge in [0.25, 0.3) is 0 Å². The largest absolute Gasteiger partial charge is 0.377 e. The number of morpholine rings is 1. The Labute approximate surface area is 133 Å². The Kier molecular flexibility index (Phi) is 5.65. The molecule has 0 bridgehead atoms. The first-order valence-corrected chi connectivity index (χ1v) is 7.96. The molecule has 0 saturated carbocycles. The molecule has 0 aromatic heterocycles. The first-order chi connectivity index (χ1) is 11.0. The Bertz CT molecular complexity index is 512. The molecule has 1 aliphatic heterocycles. The smallest absolute Gasteiger partial charge is 0.318 e. The maximum Gasteiger partial charge on any atom is 0.318 e. The van der Waals surface area contributed by atoms with Gasteiger partial charge in [0.1, 0.15) is 5.82 Å². The molecule has 1 aliphatic rings. The van der Waals surface area contributed by atoms with E-state index in [1.165, 1.54) is 12.1 Å². The number of carbonyl (C=O) groups excluding carboxylic acids is 1. The highest BCUT2D eigenvalue weighted by atomic mass is 19.1. The summed E-state index contributed by atoms with van der Waals surface area (Å²) in [5.74, 6) is -0.307. The fraction of sp³-hybridized carbons (Fsp3) is 0.588. The first kappa shape index (κ1) is 15.3. The van der Waals surface area contributed by atoms with Gasteiger partial charge >= 0.3 is 6.03 Å². The number of benzene rings is 1. The summed E-state index contributed by atoms with van der Waals surface area (Å²) in [7, 11) is 0. The number of amides is 2. The number of nitrogens with zero attached hydrogens (tertiary/aromatic N) is 1. The van der Waals surface area contributed by atoms with Gasteiger partial charge in [-0.1, -0.05) is 31.9 Å². The van der Waals surface area contributed by atoms with E-state index in [-0.39, 0.29) is 23.9 Å². The lowest BCUT2D eigenvalue weighted by Crippen LogP contribution is -2.53. The van der Waals surface area contributed by atoms with Crippen LogP contribution in [0.5, 0.6) is 0 Å². The summed E-state index contributed by atoms with van der Waals surface area (Å²) < 4.78 is 26.7. The molecule has 1 N–H and O–H groups in total. The van der Waals surface area contributed by atoms with E-state index in [0.717, 1.165) is 30.1 Å². The van der Waals surface area contributed by atoms with Crippen molar-refractivity contribution in [3.8, 4) is 0 Å². The number of hydrogen-bond donors (Lipinski definition) is 1. The number of carbonyl (C=O) groups is 1. The molecule has 122 valence electrons. The molecule has 4 nitrogen and oxygen atoms in total. The fourth-order valence-electron chi connectivity index (χ4n) is 2.70. The second kappa shape index (κ2) is 8.13. The molecule has 1 saturated heterocycles. The molecule has 2 rings (SSSR count). The number of rotatable bonds is 5. The minimum Gasteiger partial charge on any atom is -0.377 e. The highest BCUT2D eigenvalue weighted by Crippen LogP contribution is 2.27. The molecule has 1 fully saturated rings. The monoisotopic (exact) mass is 309 g/mol. The third-order valence-corrected chi connectivity index (χ3v) is 3.93. The van der Waals surface area contributed by atoms with E-state index in [9.17, 15) is 9.18 Å². The summed E-state index contributed by atoms with van der Waals surface area (Å²) in [6.07, 6.45) is 2.88. The average molecular weight is 309 g/mol. The number of urea groups is 1. The predicted molar refractivity (Wildman–Crippen MR) is 84.2 cm³/mol. The first-order valence-electron chi connectivity index (χ1n) is 8.41. The highest BCUT2D eigenvalue weighted by Gasteiger charge is 2.33. The molecule has 2 amide bonds. The van der Waals surface area contributed by atoms with Gasteiger partial charge in [0.2, 0.25) is 0 Å². The molecule has 2 atom stereocenters. The van der Waals surface area contributed by atoms with Gasteiger partial charge in [-0.2, -0.15) is 0 Å². The Morgan fingerprint density at radius 3 is 2.82 bits per heavy atom. The molecule has 1 heterocycles. The van der Waals surface area contributed by atoms with Crippen LogP contribution in [0.2, 0.25) is 1.41 Å². The van der Waals surface area contributed by atoms with E-state index in [4.69, 9.17) is 6.15 Å². The van der Waals surface area contributed by atoms with Gasteiger partial charge in [-0.3, -0.25) is 0 Å². The summed E-state index contributed by atoms with van der Waals surface area (Å²) in [6.45, 7) is 5.24. The van der Waals surface area contributed by atoms with E-state index in [2.05, 4.69) is 6.92 Å². The predicted octanol–water partition coefficient (Wildman–Crippen LogP) is 3.49. The molecular weight excluding hydrogens is 283 g/mol. The van der Waals surface area contributed by atoms with Crippen molar-refractivity contribution < 1.29 is 15.3 Å². The minimum atomic E-state index is -0.314. The fourth-order valence-corrected chi connectivity index (χ4v) is 2.70. The van der Waals surface area contributed by atoms with Gasteiger partial charge in [0.15, 0.2) is 1.41 Å². The SMILES string of the molecule is [2H]N(CCCCC)C(=O)N1[C@H](C)COC[C@@H]1c1ccc(F)cc1. The lowest BCUT2D eigenvalue weighted by molar-refractivity contribution is -0.0214. The zero-order chi connectivity index (χ0) is 16.8. The van der Waals surface area contributed by atoms with Crippen molar-refractivity contribution in [3.05, 3.63) is 35.6 Å². The van der Waals surface area contributed by atoms with Crippen molar-refractivity contribution in [2.45, 2.75) is 45.2 Å². The Morgan fingerprint density at radius 2 is 2.14 bits per heavy atom. The molecule has 5 heteroatoms. The zero-order valence-electron chi connectivity index (χ0n) is 14.3. The average Bonchev–Trinajstić information content (AvgIpc) is 2.55. The van der Waals surface area contributed by atoms with Crippen molar-refractivity contribution >= 4 is 6.03 Å². The van der Waals surface area contributed by atoms with E-state index in [1.807, 2.05) is 6.92 Å². The van der Waals surface area contributed by atoms with Gasteiger partial charge in [0.05, 0.1) is 25.3 Å². The van der Waals surface area contributed by atoms with Gasteiger partial charge in [-0.05, 0) is 31.0 Å². The lowest BCUT2D eigenvalue weighted by atomic mass is 10.0. The van der Waals surface area contributed by atoms with Crippen LogP contribution in [0.1, 0.15) is 44.7 Å². The standard InChI is InChI=1S/C17H25FN2O2/c1-3-4-5-10-19-17(21)20-13(2)11-22-12-16(20)14-6-8-15(18)9-7-14/h6-9,13,16H,3-5,10-12H2,1-2H3,(H,19,21)/t13-,16-/m1/s1/i/hD. The second-order valence-corrected chi connectivity index (χ2v) is 5.73. The van der Waals surface area contributed by atoms with Crippen LogP contribution in [0.3, 0.4) is 0 Å². The molecule has 0 unspecified atom stereocenters. The molecule has 0 aliphatic carbocycles. The van der Waals surface area contributed by atoms with E-state index in [0.29, 0.717) is 19.8 Å². The topological polar surface area (TPSA) is 41.6 Å². The third-order valence-electron chi connectivity index (χ3n) is 3.93. The maximum absolute atomic E-state index is 13.1. The number of halogens is 1. The Hall–Kier alpha value is -1.62. The number of unbranched alkanes of at least 4 members (excludes halogenated alkanes) is 2. The summed E-state index contributed by atoms with van der Waals surface area (Å²) in [6, 6.07) is 5.40. The molecule has 1 aromatic carbocycles. The van der Waals surface area contributed by atoms with Crippen molar-refractivity contribution in [1.29, 1.82) is 0 Å². The third kappa shape index (κ3) is 4.19. The van der Waals surface area contributed by atoms with E-state index in [1.54, 1.807) is 17.0 Å². The van der Waals surface area contributed by atoms with Crippen molar-refractivity contribution in [3.63, 3.8) is 0 Å². The number of ether oxygens (including phenoxy) is 1. The minimum absolute atomic E-state index is 0.120. The molecular formula is C17H25FN2O2. The molecule has 0 radical (unpaired) electrons. The van der Waals surface area contributed by atoms with Crippen LogP contribution in [-0.2, 0) is 4.74 Å². The number of nitrogens with one attached hydrogen (secondary N) is 1. The quantitative estimate of drug-likeness (QED) is 0.846. The number of hydrogen-bond acceptors (Lipinski definition) is 2. The summed E-state index contributed by atoms with van der Waals surface area (Å²) in [5, 5.41) is 1.04. The molecule has 0 spiro atoms. The van der Waals surface area contributed by atoms with Crippen LogP contribution in [0.4, 0.5) is 9.18 Å².